The average molecular weight is 281 g/mol. The smallest absolute Gasteiger partial charge is 0.385 e. The van der Waals surface area contributed by atoms with Crippen molar-refractivity contribution in [2.45, 2.75) is 30.7 Å². The van der Waals surface area contributed by atoms with Crippen molar-refractivity contribution in [1.29, 1.82) is 0 Å². The normalized spacial score (nSPS) is 12.6. The standard InChI is InChI=1S/C8H12F5NO2S/c1-16-5-3-2-4-6(15)14-17-8(12,13)7(9,10)11/h2-5H2,1H3,(H,14,15). The van der Waals surface area contributed by atoms with Crippen molar-refractivity contribution >= 4 is 17.9 Å². The Morgan fingerprint density at radius 2 is 1.82 bits per heavy atom. The van der Waals surface area contributed by atoms with Crippen LogP contribution in [0.5, 0.6) is 0 Å². The molecule has 102 valence electrons. The maximum Gasteiger partial charge on any atom is 0.465 e. The third-order valence-corrected chi connectivity index (χ3v) is 2.44. The molecule has 0 aromatic rings. The Kier molecular flexibility index (Phi) is 6.76. The maximum absolute atomic E-state index is 12.3. The average Bonchev–Trinajstić information content (AvgIpc) is 2.20. The zero-order valence-electron chi connectivity index (χ0n) is 8.94. The van der Waals surface area contributed by atoms with Crippen molar-refractivity contribution in [3.63, 3.8) is 0 Å². The zero-order chi connectivity index (χ0) is 13.5. The number of unbranched alkanes of at least 4 members (excludes halogenated alkanes) is 1. The van der Waals surface area contributed by atoms with Crippen LogP contribution in [0.4, 0.5) is 22.0 Å². The predicted molar refractivity (Wildman–Crippen MR) is 52.5 cm³/mol. The molecule has 9 heteroatoms. The van der Waals surface area contributed by atoms with E-state index in [0.717, 1.165) is 0 Å². The third kappa shape index (κ3) is 6.67. The van der Waals surface area contributed by atoms with E-state index in [0.29, 0.717) is 19.4 Å². The Labute approximate surface area is 99.2 Å². The van der Waals surface area contributed by atoms with Gasteiger partial charge in [-0.05, 0) is 12.8 Å². The summed E-state index contributed by atoms with van der Waals surface area (Å²) in [4.78, 5) is 10.9. The molecule has 0 aliphatic rings. The second kappa shape index (κ2) is 7.00. The first-order valence-corrected chi connectivity index (χ1v) is 5.42. The summed E-state index contributed by atoms with van der Waals surface area (Å²) in [6, 6.07) is 0. The highest BCUT2D eigenvalue weighted by atomic mass is 32.2. The summed E-state index contributed by atoms with van der Waals surface area (Å²) in [6.45, 7) is 0.402. The molecule has 0 unspecified atom stereocenters. The van der Waals surface area contributed by atoms with Gasteiger partial charge in [0.15, 0.2) is 0 Å². The van der Waals surface area contributed by atoms with Crippen molar-refractivity contribution in [3.8, 4) is 0 Å². The van der Waals surface area contributed by atoms with E-state index < -0.39 is 29.3 Å². The summed E-state index contributed by atoms with van der Waals surface area (Å²) < 4.78 is 65.9. The first kappa shape index (κ1) is 16.4. The second-order valence-corrected chi connectivity index (χ2v) is 4.01. The SMILES string of the molecule is COCCCCC(=O)NSC(F)(F)C(F)(F)F. The van der Waals surface area contributed by atoms with Crippen LogP contribution in [-0.4, -0.2) is 31.1 Å². The van der Waals surface area contributed by atoms with Crippen LogP contribution in [0.1, 0.15) is 19.3 Å². The molecule has 3 nitrogen and oxygen atoms in total. The van der Waals surface area contributed by atoms with Gasteiger partial charge in [0, 0.05) is 32.1 Å². The molecule has 0 radical (unpaired) electrons. The van der Waals surface area contributed by atoms with Gasteiger partial charge in [-0.15, -0.1) is 0 Å². The Morgan fingerprint density at radius 3 is 2.29 bits per heavy atom. The van der Waals surface area contributed by atoms with E-state index in [1.165, 1.54) is 11.8 Å². The van der Waals surface area contributed by atoms with Gasteiger partial charge in [0.2, 0.25) is 5.91 Å². The van der Waals surface area contributed by atoms with Crippen LogP contribution >= 0.6 is 11.9 Å². The van der Waals surface area contributed by atoms with E-state index in [9.17, 15) is 26.7 Å². The highest BCUT2D eigenvalue weighted by Gasteiger charge is 2.59. The lowest BCUT2D eigenvalue weighted by atomic mass is 10.2. The monoisotopic (exact) mass is 281 g/mol. The number of nitrogens with one attached hydrogen (secondary N) is 1. The number of carbonyl (C=O) groups excluding carboxylic acids is 1. The van der Waals surface area contributed by atoms with Gasteiger partial charge in [0.05, 0.1) is 0 Å². The number of methoxy groups -OCH3 is 1. The van der Waals surface area contributed by atoms with Gasteiger partial charge in [-0.1, -0.05) is 0 Å². The Bertz CT molecular complexity index is 247. The lowest BCUT2D eigenvalue weighted by Crippen LogP contribution is -2.36. The number of carbonyl (C=O) groups is 1. The zero-order valence-corrected chi connectivity index (χ0v) is 9.76. The maximum atomic E-state index is 12.3. The molecule has 0 aromatic carbocycles. The molecule has 0 fully saturated rings. The highest BCUT2D eigenvalue weighted by Crippen LogP contribution is 2.42. The molecular formula is C8H12F5NO2S. The minimum absolute atomic E-state index is 0.121. The molecule has 17 heavy (non-hydrogen) atoms. The summed E-state index contributed by atoms with van der Waals surface area (Å²) in [7, 11) is 1.46. The van der Waals surface area contributed by atoms with Crippen LogP contribution < -0.4 is 4.72 Å². The molecule has 0 saturated heterocycles. The number of alkyl halides is 5. The van der Waals surface area contributed by atoms with Gasteiger partial charge in [-0.25, -0.2) is 0 Å². The van der Waals surface area contributed by atoms with E-state index in [4.69, 9.17) is 0 Å². The summed E-state index contributed by atoms with van der Waals surface area (Å²) >= 11 is -0.932. The molecule has 0 atom stereocenters. The second-order valence-electron chi connectivity index (χ2n) is 3.09. The van der Waals surface area contributed by atoms with Crippen LogP contribution in [-0.2, 0) is 9.53 Å². The fourth-order valence-electron chi connectivity index (χ4n) is 0.762. The number of hydrogen-bond donors (Lipinski definition) is 1. The van der Waals surface area contributed by atoms with Crippen LogP contribution in [0.3, 0.4) is 0 Å². The molecule has 0 aliphatic carbocycles. The highest BCUT2D eigenvalue weighted by molar-refractivity contribution is 7.99. The van der Waals surface area contributed by atoms with E-state index in [2.05, 4.69) is 4.74 Å². The predicted octanol–water partition coefficient (Wildman–Crippen LogP) is 2.72. The minimum atomic E-state index is -5.68. The quantitative estimate of drug-likeness (QED) is 0.443. The molecule has 1 N–H and O–H groups in total. The van der Waals surface area contributed by atoms with Gasteiger partial charge in [0.1, 0.15) is 0 Å². The first-order valence-electron chi connectivity index (χ1n) is 4.61. The number of ether oxygens (including phenoxy) is 1. The van der Waals surface area contributed by atoms with Crippen LogP contribution in [0.25, 0.3) is 0 Å². The summed E-state index contributed by atoms with van der Waals surface area (Å²) in [6.07, 6.45) is -4.91. The van der Waals surface area contributed by atoms with E-state index in [-0.39, 0.29) is 6.42 Å². The summed E-state index contributed by atoms with van der Waals surface area (Å²) in [5, 5.41) is -4.98. The largest absolute Gasteiger partial charge is 0.465 e. The fourth-order valence-corrected chi connectivity index (χ4v) is 1.22. The van der Waals surface area contributed by atoms with Gasteiger partial charge < -0.3 is 4.74 Å². The Morgan fingerprint density at radius 1 is 1.24 bits per heavy atom. The number of amides is 1. The Hall–Kier alpha value is -0.570. The molecule has 0 bridgehead atoms. The van der Waals surface area contributed by atoms with Crippen LogP contribution in [0, 0.1) is 0 Å². The van der Waals surface area contributed by atoms with Crippen molar-refractivity contribution in [3.05, 3.63) is 0 Å². The van der Waals surface area contributed by atoms with E-state index in [1.807, 2.05) is 0 Å². The van der Waals surface area contributed by atoms with Crippen molar-refractivity contribution < 1.29 is 31.5 Å². The van der Waals surface area contributed by atoms with Crippen molar-refractivity contribution in [1.82, 2.24) is 4.72 Å². The van der Waals surface area contributed by atoms with Crippen molar-refractivity contribution in [2.24, 2.45) is 0 Å². The fraction of sp³-hybridized carbons (Fsp3) is 0.875. The molecular weight excluding hydrogens is 269 g/mol. The number of hydrogen-bond acceptors (Lipinski definition) is 3. The molecule has 1 amide bonds. The molecule has 0 rings (SSSR count). The van der Waals surface area contributed by atoms with Crippen LogP contribution in [0.15, 0.2) is 0 Å². The Balaban J connectivity index is 3.84. The molecule has 0 heterocycles. The van der Waals surface area contributed by atoms with Gasteiger partial charge >= 0.3 is 11.4 Å². The van der Waals surface area contributed by atoms with E-state index in [1.54, 1.807) is 0 Å². The van der Waals surface area contributed by atoms with Crippen molar-refractivity contribution in [2.75, 3.05) is 13.7 Å². The molecule has 0 aliphatic heterocycles. The lowest BCUT2D eigenvalue weighted by Gasteiger charge is -2.18. The topological polar surface area (TPSA) is 38.3 Å². The first-order chi connectivity index (χ1) is 7.70. The number of rotatable bonds is 7. The summed E-state index contributed by atoms with van der Waals surface area (Å²) in [5.41, 5.74) is 0. The molecule has 0 saturated carbocycles. The van der Waals surface area contributed by atoms with E-state index >= 15 is 0 Å². The third-order valence-electron chi connectivity index (χ3n) is 1.63. The molecule has 0 spiro atoms. The lowest BCUT2D eigenvalue weighted by molar-refractivity contribution is -0.237. The van der Waals surface area contributed by atoms with Gasteiger partial charge in [-0.3, -0.25) is 9.52 Å². The van der Waals surface area contributed by atoms with Gasteiger partial charge in [0.25, 0.3) is 0 Å². The minimum Gasteiger partial charge on any atom is -0.385 e. The number of halogens is 5. The van der Waals surface area contributed by atoms with Gasteiger partial charge in [-0.2, -0.15) is 22.0 Å². The molecule has 0 aromatic heterocycles. The van der Waals surface area contributed by atoms with Crippen LogP contribution in [0.2, 0.25) is 0 Å². The summed E-state index contributed by atoms with van der Waals surface area (Å²) in [5.74, 6) is -0.866.